The van der Waals surface area contributed by atoms with Crippen molar-refractivity contribution in [3.8, 4) is 0 Å². The predicted octanol–water partition coefficient (Wildman–Crippen LogP) is 2.37. The van der Waals surface area contributed by atoms with Crippen LogP contribution in [0, 0.1) is 0 Å². The number of morpholine rings is 1. The Bertz CT molecular complexity index is 1170. The number of amides is 1. The van der Waals surface area contributed by atoms with Gasteiger partial charge in [-0.05, 0) is 12.1 Å². The number of benzene rings is 1. The summed E-state index contributed by atoms with van der Waals surface area (Å²) in [6.07, 6.45) is 1.70. The number of nitrogens with zero attached hydrogens (tertiary/aromatic N) is 5. The number of pyridine rings is 1. The number of carbonyl (C=O) groups is 1. The Hall–Kier alpha value is -3.52. The number of nitrogens with one attached hydrogen (secondary N) is 1. The average Bonchev–Trinajstić information content (AvgIpc) is 3.22. The Morgan fingerprint density at radius 2 is 1.89 bits per heavy atom. The molecular formula is C20H18N6O2. The molecule has 0 bridgehead atoms. The number of fused-ring (bicyclic) bond motifs is 2. The monoisotopic (exact) mass is 374 g/mol. The first-order valence-corrected chi connectivity index (χ1v) is 9.12. The molecule has 1 amide bonds. The summed E-state index contributed by atoms with van der Waals surface area (Å²) in [5.41, 5.74) is 1.80. The zero-order valence-corrected chi connectivity index (χ0v) is 15.1. The lowest BCUT2D eigenvalue weighted by Gasteiger charge is -2.29. The number of anilines is 2. The van der Waals surface area contributed by atoms with Gasteiger partial charge in [-0.25, -0.2) is 9.97 Å². The number of carbonyl (C=O) groups excluding carboxylic acids is 1. The largest absolute Gasteiger partial charge is 0.378 e. The first kappa shape index (κ1) is 16.6. The quantitative estimate of drug-likeness (QED) is 0.593. The van der Waals surface area contributed by atoms with Crippen LogP contribution < -0.4 is 10.2 Å². The van der Waals surface area contributed by atoms with Crippen LogP contribution in [0.1, 0.15) is 10.5 Å². The Kier molecular flexibility index (Phi) is 4.10. The van der Waals surface area contributed by atoms with Crippen LogP contribution in [0.15, 0.2) is 54.7 Å². The molecule has 1 fully saturated rings. The minimum absolute atomic E-state index is 0.296. The number of rotatable bonds is 3. The second-order valence-corrected chi connectivity index (χ2v) is 6.54. The highest BCUT2D eigenvalue weighted by molar-refractivity contribution is 6.03. The van der Waals surface area contributed by atoms with Crippen LogP contribution in [-0.4, -0.2) is 51.8 Å². The molecule has 1 N–H and O–H groups in total. The predicted molar refractivity (Wildman–Crippen MR) is 106 cm³/mol. The third-order valence-corrected chi connectivity index (χ3v) is 4.75. The lowest BCUT2D eigenvalue weighted by atomic mass is 10.2. The van der Waals surface area contributed by atoms with E-state index in [9.17, 15) is 4.79 Å². The molecule has 4 aromatic rings. The highest BCUT2D eigenvalue weighted by Gasteiger charge is 2.18. The standard InChI is InChI=1S/C20H18N6O2/c27-20(16-6-5-14-3-1-2-4-15(14)22-16)24-17-13-19(25-9-11-28-12-10-25)26-18(23-17)7-8-21-26/h1-8,13H,9-12H2,(H,23,24,27). The van der Waals surface area contributed by atoms with E-state index >= 15 is 0 Å². The molecule has 5 rings (SSSR count). The van der Waals surface area contributed by atoms with Crippen molar-refractivity contribution < 1.29 is 9.53 Å². The molecule has 1 saturated heterocycles. The number of hydrogen-bond donors (Lipinski definition) is 1. The molecule has 0 spiro atoms. The van der Waals surface area contributed by atoms with Gasteiger partial charge in [0.15, 0.2) is 5.65 Å². The van der Waals surface area contributed by atoms with Gasteiger partial charge in [-0.2, -0.15) is 9.61 Å². The van der Waals surface area contributed by atoms with Crippen molar-refractivity contribution in [2.75, 3.05) is 36.5 Å². The summed E-state index contributed by atoms with van der Waals surface area (Å²) in [4.78, 5) is 23.9. The van der Waals surface area contributed by atoms with Gasteiger partial charge in [-0.15, -0.1) is 0 Å². The number of aromatic nitrogens is 4. The maximum atomic E-state index is 12.8. The summed E-state index contributed by atoms with van der Waals surface area (Å²) in [6, 6.07) is 15.0. The van der Waals surface area contributed by atoms with Crippen molar-refractivity contribution in [3.05, 3.63) is 60.4 Å². The molecule has 4 heterocycles. The molecule has 0 atom stereocenters. The Labute approximate surface area is 160 Å². The zero-order chi connectivity index (χ0) is 18.9. The van der Waals surface area contributed by atoms with Crippen LogP contribution in [0.25, 0.3) is 16.6 Å². The molecule has 8 heteroatoms. The molecular weight excluding hydrogens is 356 g/mol. The Morgan fingerprint density at radius 1 is 1.04 bits per heavy atom. The summed E-state index contributed by atoms with van der Waals surface area (Å²) in [5, 5.41) is 8.22. The van der Waals surface area contributed by atoms with Gasteiger partial charge in [0.1, 0.15) is 17.3 Å². The van der Waals surface area contributed by atoms with Gasteiger partial charge in [0.05, 0.1) is 24.9 Å². The summed E-state index contributed by atoms with van der Waals surface area (Å²) >= 11 is 0. The minimum atomic E-state index is -0.296. The van der Waals surface area contributed by atoms with Crippen molar-refractivity contribution in [3.63, 3.8) is 0 Å². The molecule has 28 heavy (non-hydrogen) atoms. The van der Waals surface area contributed by atoms with Crippen LogP contribution in [0.5, 0.6) is 0 Å². The molecule has 0 radical (unpaired) electrons. The van der Waals surface area contributed by atoms with E-state index in [0.29, 0.717) is 30.4 Å². The number of hydrogen-bond acceptors (Lipinski definition) is 6. The highest BCUT2D eigenvalue weighted by Crippen LogP contribution is 2.21. The number of ether oxygens (including phenoxy) is 1. The van der Waals surface area contributed by atoms with Crippen molar-refractivity contribution in [1.29, 1.82) is 0 Å². The van der Waals surface area contributed by atoms with Crippen molar-refractivity contribution in [1.82, 2.24) is 19.6 Å². The Balaban J connectivity index is 1.47. The molecule has 0 saturated carbocycles. The van der Waals surface area contributed by atoms with Crippen LogP contribution >= 0.6 is 0 Å². The van der Waals surface area contributed by atoms with Gasteiger partial charge >= 0.3 is 0 Å². The SMILES string of the molecule is O=C(Nc1cc(N2CCOCC2)n2nccc2n1)c1ccc2ccccc2n1. The Morgan fingerprint density at radius 3 is 2.79 bits per heavy atom. The molecule has 0 aliphatic carbocycles. The van der Waals surface area contributed by atoms with Gasteiger partial charge in [0, 0.05) is 30.6 Å². The van der Waals surface area contributed by atoms with E-state index in [0.717, 1.165) is 29.8 Å². The van der Waals surface area contributed by atoms with E-state index in [1.807, 2.05) is 42.5 Å². The number of para-hydroxylation sites is 1. The van der Waals surface area contributed by atoms with E-state index in [4.69, 9.17) is 4.74 Å². The zero-order valence-electron chi connectivity index (χ0n) is 15.1. The molecule has 1 aliphatic rings. The second kappa shape index (κ2) is 6.90. The van der Waals surface area contributed by atoms with E-state index in [-0.39, 0.29) is 5.91 Å². The highest BCUT2D eigenvalue weighted by atomic mass is 16.5. The summed E-state index contributed by atoms with van der Waals surface area (Å²) < 4.78 is 7.21. The normalized spacial score (nSPS) is 14.5. The van der Waals surface area contributed by atoms with Gasteiger partial charge < -0.3 is 15.0 Å². The fraction of sp³-hybridized carbons (Fsp3) is 0.200. The first-order chi connectivity index (χ1) is 13.8. The molecule has 1 aliphatic heterocycles. The van der Waals surface area contributed by atoms with Gasteiger partial charge in [-0.3, -0.25) is 4.79 Å². The van der Waals surface area contributed by atoms with E-state index in [2.05, 4.69) is 25.3 Å². The molecule has 140 valence electrons. The maximum absolute atomic E-state index is 12.8. The van der Waals surface area contributed by atoms with Crippen LogP contribution in [0.2, 0.25) is 0 Å². The average molecular weight is 374 g/mol. The van der Waals surface area contributed by atoms with E-state index < -0.39 is 0 Å². The fourth-order valence-corrected chi connectivity index (χ4v) is 3.35. The van der Waals surface area contributed by atoms with Crippen molar-refractivity contribution in [2.24, 2.45) is 0 Å². The second-order valence-electron chi connectivity index (χ2n) is 6.54. The lowest BCUT2D eigenvalue weighted by Crippen LogP contribution is -2.37. The van der Waals surface area contributed by atoms with Crippen LogP contribution in [0.3, 0.4) is 0 Å². The van der Waals surface area contributed by atoms with Gasteiger partial charge in [0.2, 0.25) is 0 Å². The van der Waals surface area contributed by atoms with Crippen LogP contribution in [0.4, 0.5) is 11.6 Å². The van der Waals surface area contributed by atoms with E-state index in [1.54, 1.807) is 16.8 Å². The summed E-state index contributed by atoms with van der Waals surface area (Å²) in [6.45, 7) is 2.85. The maximum Gasteiger partial charge on any atom is 0.275 e. The molecule has 0 unspecified atom stereocenters. The van der Waals surface area contributed by atoms with Gasteiger partial charge in [0.25, 0.3) is 5.91 Å². The van der Waals surface area contributed by atoms with Gasteiger partial charge in [-0.1, -0.05) is 24.3 Å². The topological polar surface area (TPSA) is 84.7 Å². The van der Waals surface area contributed by atoms with Crippen LogP contribution in [-0.2, 0) is 4.74 Å². The molecule has 3 aromatic heterocycles. The van der Waals surface area contributed by atoms with Crippen molar-refractivity contribution >= 4 is 34.1 Å². The molecule has 8 nitrogen and oxygen atoms in total. The molecule has 1 aromatic carbocycles. The lowest BCUT2D eigenvalue weighted by molar-refractivity contribution is 0.102. The minimum Gasteiger partial charge on any atom is -0.378 e. The third kappa shape index (κ3) is 3.03. The first-order valence-electron chi connectivity index (χ1n) is 9.12. The van der Waals surface area contributed by atoms with E-state index in [1.165, 1.54) is 0 Å². The summed E-state index contributed by atoms with van der Waals surface area (Å²) in [7, 11) is 0. The summed E-state index contributed by atoms with van der Waals surface area (Å²) in [5.74, 6) is 1.05. The van der Waals surface area contributed by atoms with Crippen molar-refractivity contribution in [2.45, 2.75) is 0 Å². The third-order valence-electron chi connectivity index (χ3n) is 4.75. The fourth-order valence-electron chi connectivity index (χ4n) is 3.35. The smallest absolute Gasteiger partial charge is 0.275 e.